The third kappa shape index (κ3) is 2.91. The van der Waals surface area contributed by atoms with Gasteiger partial charge in [-0.25, -0.2) is 0 Å². The summed E-state index contributed by atoms with van der Waals surface area (Å²) in [6.07, 6.45) is -4.16. The highest BCUT2D eigenvalue weighted by Crippen LogP contribution is 2.42. The molecule has 0 radical (unpaired) electrons. The van der Waals surface area contributed by atoms with Crippen molar-refractivity contribution in [2.75, 3.05) is 0 Å². The quantitative estimate of drug-likeness (QED) is 0.798. The Hall–Kier alpha value is -1.33. The van der Waals surface area contributed by atoms with Crippen LogP contribution in [-0.2, 0) is 15.2 Å². The summed E-state index contributed by atoms with van der Waals surface area (Å²) in [4.78, 5) is 20.5. The largest absolute Gasteiger partial charge is 0.790 e. The van der Waals surface area contributed by atoms with Crippen LogP contribution in [0.5, 0.6) is 0 Å². The lowest BCUT2D eigenvalue weighted by atomic mass is 10.1. The summed E-state index contributed by atoms with van der Waals surface area (Å²) in [6.45, 7) is 0. The molecule has 0 aliphatic carbocycles. The molecule has 0 aliphatic rings. The Morgan fingerprint density at radius 3 is 2.28 bits per heavy atom. The molecular weight excluding hydrogens is 265 g/mol. The lowest BCUT2D eigenvalue weighted by Gasteiger charge is -2.32. The molecule has 0 unspecified atom stereocenters. The number of fused-ring (bicyclic) bond motifs is 1. The van der Waals surface area contributed by atoms with E-state index in [1.165, 1.54) is 6.07 Å². The molecule has 0 heterocycles. The van der Waals surface area contributed by atoms with Crippen molar-refractivity contribution >= 4 is 18.6 Å². The number of rotatable bonds is 3. The molecule has 0 amide bonds. The molecule has 2 rings (SSSR count). The first-order valence-electron chi connectivity index (χ1n) is 4.88. The Morgan fingerprint density at radius 2 is 1.67 bits per heavy atom. The van der Waals surface area contributed by atoms with Crippen molar-refractivity contribution in [1.82, 2.24) is 0 Å². The summed E-state index contributed by atoms with van der Waals surface area (Å²) in [6, 6.07) is 10.2. The number of hydrogen-bond acceptors (Lipinski definition) is 4. The Balaban J connectivity index is 2.44. The minimum atomic E-state index is -5.76. The van der Waals surface area contributed by atoms with Gasteiger partial charge in [-0.2, -0.15) is 8.78 Å². The van der Waals surface area contributed by atoms with Crippen LogP contribution in [0.25, 0.3) is 10.8 Å². The summed E-state index contributed by atoms with van der Waals surface area (Å²) >= 11 is 0. The number of phosphoric ester groups is 1. The third-order valence-corrected chi connectivity index (χ3v) is 2.76. The zero-order valence-electron chi connectivity index (χ0n) is 8.88. The molecule has 0 bridgehead atoms. The zero-order valence-corrected chi connectivity index (χ0v) is 9.77. The fourth-order valence-corrected chi connectivity index (χ4v) is 1.95. The van der Waals surface area contributed by atoms with Gasteiger partial charge in [0.05, 0.1) is 13.4 Å². The van der Waals surface area contributed by atoms with E-state index in [-0.39, 0.29) is 0 Å². The number of phosphoric acid groups is 1. The van der Waals surface area contributed by atoms with Crippen LogP contribution < -0.4 is 9.79 Å². The number of halogens is 2. The molecule has 0 aromatic heterocycles. The Kier molecular flexibility index (Phi) is 3.21. The number of alkyl halides is 2. The van der Waals surface area contributed by atoms with Crippen LogP contribution in [-0.4, -0.2) is 0 Å². The SMILES string of the molecule is O=P([O-])([O-])OC(F)(F)c1ccc2ccccc2c1. The maximum Gasteiger partial charge on any atom is 0.386 e. The highest BCUT2D eigenvalue weighted by atomic mass is 31.2. The van der Waals surface area contributed by atoms with Gasteiger partial charge in [0.2, 0.25) is 0 Å². The van der Waals surface area contributed by atoms with Crippen LogP contribution in [0.4, 0.5) is 8.78 Å². The van der Waals surface area contributed by atoms with Crippen molar-refractivity contribution in [3.63, 3.8) is 0 Å². The predicted octanol–water partition coefficient (Wildman–Crippen LogP) is 1.73. The molecular formula is C11H7F2O4P-2. The first-order chi connectivity index (χ1) is 8.28. The first-order valence-corrected chi connectivity index (χ1v) is 6.34. The van der Waals surface area contributed by atoms with Gasteiger partial charge in [0.1, 0.15) is 0 Å². The second-order valence-electron chi connectivity index (χ2n) is 3.62. The van der Waals surface area contributed by atoms with Crippen LogP contribution in [0, 0.1) is 0 Å². The highest BCUT2D eigenvalue weighted by molar-refractivity contribution is 7.43. The van der Waals surface area contributed by atoms with Crippen molar-refractivity contribution < 1.29 is 27.7 Å². The number of hydrogen-bond donors (Lipinski definition) is 0. The van der Waals surface area contributed by atoms with Crippen molar-refractivity contribution in [1.29, 1.82) is 0 Å². The van der Waals surface area contributed by atoms with E-state index in [0.717, 1.165) is 12.1 Å². The maximum atomic E-state index is 13.4. The standard InChI is InChI=1S/C11H9F2O4P/c12-11(13,17-18(14,15)16)10-6-5-8-3-1-2-4-9(8)7-10/h1-7H,(H2,14,15,16)/p-2. The second-order valence-corrected chi connectivity index (χ2v) is 4.69. The normalized spacial score (nSPS) is 12.9. The molecule has 0 atom stereocenters. The minimum absolute atomic E-state index is 0.491. The molecule has 18 heavy (non-hydrogen) atoms. The van der Waals surface area contributed by atoms with Crippen molar-refractivity contribution in [3.8, 4) is 0 Å². The van der Waals surface area contributed by atoms with Gasteiger partial charge in [-0.1, -0.05) is 30.3 Å². The molecule has 0 saturated heterocycles. The molecule has 2 aromatic carbocycles. The van der Waals surface area contributed by atoms with Crippen LogP contribution in [0.15, 0.2) is 42.5 Å². The highest BCUT2D eigenvalue weighted by Gasteiger charge is 2.34. The van der Waals surface area contributed by atoms with Gasteiger partial charge < -0.3 is 14.4 Å². The lowest BCUT2D eigenvalue weighted by molar-refractivity contribution is -0.369. The van der Waals surface area contributed by atoms with Crippen LogP contribution in [0.3, 0.4) is 0 Å². The Bertz CT molecular complexity index is 623. The van der Waals surface area contributed by atoms with Crippen LogP contribution >= 0.6 is 7.82 Å². The third-order valence-electron chi connectivity index (χ3n) is 2.31. The van der Waals surface area contributed by atoms with Gasteiger partial charge in [0.15, 0.2) is 0 Å². The molecule has 0 aliphatic heterocycles. The molecule has 2 aromatic rings. The van der Waals surface area contributed by atoms with Gasteiger partial charge >= 0.3 is 6.11 Å². The van der Waals surface area contributed by atoms with E-state index in [0.29, 0.717) is 10.8 Å². The van der Waals surface area contributed by atoms with Crippen molar-refractivity contribution in [2.45, 2.75) is 6.11 Å². The van der Waals surface area contributed by atoms with E-state index in [1.807, 2.05) is 0 Å². The van der Waals surface area contributed by atoms with E-state index in [2.05, 4.69) is 4.52 Å². The Morgan fingerprint density at radius 1 is 1.06 bits per heavy atom. The molecule has 0 fully saturated rings. The van der Waals surface area contributed by atoms with Gasteiger partial charge in [-0.15, -0.1) is 0 Å². The number of benzene rings is 2. The average Bonchev–Trinajstić information content (AvgIpc) is 2.25. The van der Waals surface area contributed by atoms with E-state index < -0.39 is 19.5 Å². The van der Waals surface area contributed by atoms with Gasteiger partial charge in [-0.05, 0) is 22.9 Å². The van der Waals surface area contributed by atoms with Gasteiger partial charge in [-0.3, -0.25) is 4.52 Å². The predicted molar refractivity (Wildman–Crippen MR) is 56.5 cm³/mol. The summed E-state index contributed by atoms with van der Waals surface area (Å²) in [5, 5.41) is 1.20. The summed E-state index contributed by atoms with van der Waals surface area (Å²) in [7, 11) is -5.76. The van der Waals surface area contributed by atoms with Crippen molar-refractivity contribution in [2.24, 2.45) is 0 Å². The van der Waals surface area contributed by atoms with Crippen LogP contribution in [0.1, 0.15) is 5.56 Å². The molecule has 7 heteroatoms. The maximum absolute atomic E-state index is 13.4. The molecule has 4 nitrogen and oxygen atoms in total. The smallest absolute Gasteiger partial charge is 0.386 e. The summed E-state index contributed by atoms with van der Waals surface area (Å²) in [5.41, 5.74) is -0.687. The first kappa shape index (κ1) is 13.1. The zero-order chi connectivity index (χ0) is 13.4. The fraction of sp³-hybridized carbons (Fsp3) is 0.0909. The fourth-order valence-electron chi connectivity index (χ4n) is 1.56. The topological polar surface area (TPSA) is 72.4 Å². The van der Waals surface area contributed by atoms with Gasteiger partial charge in [0.25, 0.3) is 0 Å². The summed E-state index contributed by atoms with van der Waals surface area (Å²) in [5.74, 6) is 0. The second kappa shape index (κ2) is 4.40. The molecule has 0 N–H and O–H groups in total. The lowest BCUT2D eigenvalue weighted by Crippen LogP contribution is -2.25. The van der Waals surface area contributed by atoms with Gasteiger partial charge in [0, 0.05) is 0 Å². The van der Waals surface area contributed by atoms with E-state index in [9.17, 15) is 23.1 Å². The van der Waals surface area contributed by atoms with E-state index in [1.54, 1.807) is 24.3 Å². The molecule has 0 saturated carbocycles. The molecule has 0 spiro atoms. The minimum Gasteiger partial charge on any atom is -0.790 e. The molecule has 96 valence electrons. The van der Waals surface area contributed by atoms with E-state index >= 15 is 0 Å². The Labute approximate surface area is 101 Å². The van der Waals surface area contributed by atoms with E-state index in [4.69, 9.17) is 0 Å². The van der Waals surface area contributed by atoms with Crippen LogP contribution in [0.2, 0.25) is 0 Å². The summed E-state index contributed by atoms with van der Waals surface area (Å²) < 4.78 is 40.3. The average molecular weight is 272 g/mol. The van der Waals surface area contributed by atoms with Crippen molar-refractivity contribution in [3.05, 3.63) is 48.0 Å². The monoisotopic (exact) mass is 272 g/mol.